The van der Waals surface area contributed by atoms with E-state index in [4.69, 9.17) is 5.84 Å². The van der Waals surface area contributed by atoms with E-state index >= 15 is 0 Å². The van der Waals surface area contributed by atoms with Gasteiger partial charge in [-0.15, -0.1) is 0 Å². The zero-order valence-corrected chi connectivity index (χ0v) is 10.9. The van der Waals surface area contributed by atoms with Crippen LogP contribution in [0.4, 0.5) is 8.78 Å². The fraction of sp³-hybridized carbons (Fsp3) is 0.200. The minimum Gasteiger partial charge on any atom is -0.271 e. The van der Waals surface area contributed by atoms with Crippen LogP contribution in [-0.2, 0) is 0 Å². The minimum atomic E-state index is -0.501. The summed E-state index contributed by atoms with van der Waals surface area (Å²) in [5, 5.41) is 0. The second-order valence-electron chi connectivity index (χ2n) is 4.59. The molecule has 0 heterocycles. The number of aryl methyl sites for hydroxylation is 2. The molecule has 0 radical (unpaired) electrons. The molecule has 0 aliphatic carbocycles. The molecule has 1 unspecified atom stereocenters. The first kappa shape index (κ1) is 13.6. The summed E-state index contributed by atoms with van der Waals surface area (Å²) >= 11 is 0. The van der Waals surface area contributed by atoms with Gasteiger partial charge in [0.25, 0.3) is 0 Å². The molecule has 2 nitrogen and oxygen atoms in total. The van der Waals surface area contributed by atoms with Gasteiger partial charge >= 0.3 is 0 Å². The van der Waals surface area contributed by atoms with Gasteiger partial charge in [-0.2, -0.15) is 0 Å². The fourth-order valence-electron chi connectivity index (χ4n) is 2.11. The van der Waals surface area contributed by atoms with Crippen LogP contribution in [0, 0.1) is 25.5 Å². The van der Waals surface area contributed by atoms with E-state index in [2.05, 4.69) is 5.43 Å². The van der Waals surface area contributed by atoms with Crippen LogP contribution in [0.1, 0.15) is 28.3 Å². The SMILES string of the molecule is Cc1cc(C(NN)c2cccc(C)c2F)ccc1F. The van der Waals surface area contributed by atoms with Crippen LogP contribution in [0.5, 0.6) is 0 Å². The average molecular weight is 262 g/mol. The molecule has 0 fully saturated rings. The lowest BCUT2D eigenvalue weighted by atomic mass is 9.96. The second kappa shape index (κ2) is 5.47. The number of nitrogens with two attached hydrogens (primary N) is 1. The Labute approximate surface area is 111 Å². The van der Waals surface area contributed by atoms with Gasteiger partial charge in [-0.25, -0.2) is 14.2 Å². The normalized spacial score (nSPS) is 12.5. The Morgan fingerprint density at radius 3 is 2.42 bits per heavy atom. The molecule has 0 aromatic heterocycles. The lowest BCUT2D eigenvalue weighted by molar-refractivity contribution is 0.552. The maximum atomic E-state index is 14.1. The first-order chi connectivity index (χ1) is 9.04. The first-order valence-corrected chi connectivity index (χ1v) is 6.01. The molecule has 3 N–H and O–H groups in total. The quantitative estimate of drug-likeness (QED) is 0.658. The number of halogens is 2. The Balaban J connectivity index is 2.50. The molecule has 100 valence electrons. The number of nitrogens with one attached hydrogen (secondary N) is 1. The van der Waals surface area contributed by atoms with Crippen molar-refractivity contribution in [1.82, 2.24) is 5.43 Å². The highest BCUT2D eigenvalue weighted by Crippen LogP contribution is 2.26. The van der Waals surface area contributed by atoms with Gasteiger partial charge in [0.05, 0.1) is 6.04 Å². The smallest absolute Gasteiger partial charge is 0.131 e. The van der Waals surface area contributed by atoms with Gasteiger partial charge in [0.1, 0.15) is 11.6 Å². The Morgan fingerprint density at radius 1 is 1.05 bits per heavy atom. The minimum absolute atomic E-state index is 0.288. The number of benzene rings is 2. The van der Waals surface area contributed by atoms with Gasteiger partial charge in [0.2, 0.25) is 0 Å². The van der Waals surface area contributed by atoms with E-state index in [1.807, 2.05) is 0 Å². The van der Waals surface area contributed by atoms with Gasteiger partial charge in [0, 0.05) is 5.56 Å². The highest BCUT2D eigenvalue weighted by Gasteiger charge is 2.18. The third-order valence-electron chi connectivity index (χ3n) is 3.21. The average Bonchev–Trinajstić information content (AvgIpc) is 2.39. The van der Waals surface area contributed by atoms with Crippen LogP contribution in [-0.4, -0.2) is 0 Å². The van der Waals surface area contributed by atoms with Gasteiger partial charge in [-0.05, 0) is 36.6 Å². The summed E-state index contributed by atoms with van der Waals surface area (Å²) in [7, 11) is 0. The standard InChI is InChI=1S/C15H16F2N2/c1-9-4-3-5-12(14(9)17)15(19-18)11-6-7-13(16)10(2)8-11/h3-8,15,19H,18H2,1-2H3. The van der Waals surface area contributed by atoms with Crippen molar-refractivity contribution in [2.24, 2.45) is 5.84 Å². The molecule has 0 saturated carbocycles. The molecule has 2 aromatic rings. The van der Waals surface area contributed by atoms with E-state index in [1.54, 1.807) is 44.2 Å². The zero-order chi connectivity index (χ0) is 14.0. The first-order valence-electron chi connectivity index (χ1n) is 6.01. The van der Waals surface area contributed by atoms with Crippen LogP contribution in [0.15, 0.2) is 36.4 Å². The molecule has 2 rings (SSSR count). The van der Waals surface area contributed by atoms with Crippen molar-refractivity contribution >= 4 is 0 Å². The highest BCUT2D eigenvalue weighted by atomic mass is 19.1. The zero-order valence-electron chi connectivity index (χ0n) is 10.9. The molecule has 0 bridgehead atoms. The molecule has 0 amide bonds. The van der Waals surface area contributed by atoms with Crippen molar-refractivity contribution in [3.63, 3.8) is 0 Å². The molecule has 2 aromatic carbocycles. The van der Waals surface area contributed by atoms with Gasteiger partial charge < -0.3 is 0 Å². The molecular formula is C15H16F2N2. The summed E-state index contributed by atoms with van der Waals surface area (Å²) in [6.07, 6.45) is 0. The van der Waals surface area contributed by atoms with Crippen LogP contribution in [0.2, 0.25) is 0 Å². The third kappa shape index (κ3) is 2.64. The van der Waals surface area contributed by atoms with Crippen LogP contribution < -0.4 is 11.3 Å². The lowest BCUT2D eigenvalue weighted by Crippen LogP contribution is -2.29. The van der Waals surface area contributed by atoms with Gasteiger partial charge in [-0.1, -0.05) is 30.3 Å². The molecule has 0 aliphatic rings. The van der Waals surface area contributed by atoms with Crippen LogP contribution in [0.3, 0.4) is 0 Å². The molecule has 0 spiro atoms. The predicted octanol–water partition coefficient (Wildman–Crippen LogP) is 3.13. The molecule has 0 saturated heterocycles. The summed E-state index contributed by atoms with van der Waals surface area (Å²) in [6, 6.07) is 9.28. The largest absolute Gasteiger partial charge is 0.271 e. The second-order valence-corrected chi connectivity index (χ2v) is 4.59. The fourth-order valence-corrected chi connectivity index (χ4v) is 2.11. The van der Waals surface area contributed by atoms with Crippen molar-refractivity contribution < 1.29 is 8.78 Å². The van der Waals surface area contributed by atoms with E-state index in [0.29, 0.717) is 16.7 Å². The Kier molecular flexibility index (Phi) is 3.93. The van der Waals surface area contributed by atoms with Crippen LogP contribution >= 0.6 is 0 Å². The summed E-state index contributed by atoms with van der Waals surface area (Å²) in [6.45, 7) is 3.36. The third-order valence-corrected chi connectivity index (χ3v) is 3.21. The van der Waals surface area contributed by atoms with Crippen molar-refractivity contribution in [3.8, 4) is 0 Å². The van der Waals surface area contributed by atoms with Crippen molar-refractivity contribution in [2.75, 3.05) is 0 Å². The molecular weight excluding hydrogens is 246 g/mol. The van der Waals surface area contributed by atoms with E-state index in [0.717, 1.165) is 5.56 Å². The van der Waals surface area contributed by atoms with E-state index in [9.17, 15) is 8.78 Å². The van der Waals surface area contributed by atoms with Gasteiger partial charge in [-0.3, -0.25) is 5.84 Å². The number of rotatable bonds is 3. The molecule has 19 heavy (non-hydrogen) atoms. The summed E-state index contributed by atoms with van der Waals surface area (Å²) in [5.41, 5.74) is 4.82. The van der Waals surface area contributed by atoms with E-state index in [-0.39, 0.29) is 11.6 Å². The summed E-state index contributed by atoms with van der Waals surface area (Å²) in [4.78, 5) is 0. The van der Waals surface area contributed by atoms with Crippen LogP contribution in [0.25, 0.3) is 0 Å². The number of hydrazine groups is 1. The molecule has 4 heteroatoms. The van der Waals surface area contributed by atoms with Crippen molar-refractivity contribution in [3.05, 3.63) is 70.3 Å². The van der Waals surface area contributed by atoms with Crippen molar-refractivity contribution in [1.29, 1.82) is 0 Å². The Bertz CT molecular complexity index is 597. The maximum Gasteiger partial charge on any atom is 0.131 e. The maximum absolute atomic E-state index is 14.1. The molecule has 1 atom stereocenters. The highest BCUT2D eigenvalue weighted by molar-refractivity contribution is 5.37. The Hall–Kier alpha value is -1.78. The number of hydrogen-bond donors (Lipinski definition) is 2. The summed E-state index contributed by atoms with van der Waals surface area (Å²) < 4.78 is 27.4. The monoisotopic (exact) mass is 262 g/mol. The van der Waals surface area contributed by atoms with E-state index < -0.39 is 6.04 Å². The van der Waals surface area contributed by atoms with Gasteiger partial charge in [0.15, 0.2) is 0 Å². The van der Waals surface area contributed by atoms with E-state index in [1.165, 1.54) is 6.07 Å². The predicted molar refractivity (Wildman–Crippen MR) is 71.4 cm³/mol. The Morgan fingerprint density at radius 2 is 1.79 bits per heavy atom. The lowest BCUT2D eigenvalue weighted by Gasteiger charge is -2.19. The number of hydrogen-bond acceptors (Lipinski definition) is 2. The molecule has 0 aliphatic heterocycles. The summed E-state index contributed by atoms with van der Waals surface area (Å²) in [5.74, 6) is 4.95. The van der Waals surface area contributed by atoms with Crippen molar-refractivity contribution in [2.45, 2.75) is 19.9 Å². The topological polar surface area (TPSA) is 38.0 Å².